The van der Waals surface area contributed by atoms with Gasteiger partial charge in [0.05, 0.1) is 0 Å². The van der Waals surface area contributed by atoms with E-state index in [1.807, 2.05) is 18.2 Å². The maximum atomic E-state index is 5.81. The van der Waals surface area contributed by atoms with Crippen LogP contribution in [-0.4, -0.2) is 9.97 Å². The van der Waals surface area contributed by atoms with Crippen molar-refractivity contribution in [3.63, 3.8) is 0 Å². The molecule has 2 rings (SSSR count). The second-order valence-electron chi connectivity index (χ2n) is 4.54. The highest BCUT2D eigenvalue weighted by Crippen LogP contribution is 2.26. The third-order valence-electron chi connectivity index (χ3n) is 2.81. The number of aromatic nitrogens is 2. The Bertz CT molecular complexity index is 505. The molecule has 0 aliphatic carbocycles. The summed E-state index contributed by atoms with van der Waals surface area (Å²) in [6, 6.07) is 8.09. The van der Waals surface area contributed by atoms with Gasteiger partial charge in [-0.3, -0.25) is 0 Å². The number of hydrogen-bond acceptors (Lipinski definition) is 3. The molecule has 0 radical (unpaired) electrons. The summed E-state index contributed by atoms with van der Waals surface area (Å²) in [7, 11) is 0. The molecule has 2 aromatic rings. The molecule has 0 saturated carbocycles. The number of nitrogens with zero attached hydrogens (tertiary/aromatic N) is 1. The molecule has 0 atom stereocenters. The van der Waals surface area contributed by atoms with Crippen molar-refractivity contribution in [3.8, 4) is 5.75 Å². The first-order valence-corrected chi connectivity index (χ1v) is 6.15. The van der Waals surface area contributed by atoms with E-state index in [-0.39, 0.29) is 0 Å². The zero-order chi connectivity index (χ0) is 13.0. The molecule has 0 aliphatic heterocycles. The Balaban J connectivity index is 2.05. The van der Waals surface area contributed by atoms with Gasteiger partial charge in [0.25, 0.3) is 0 Å². The van der Waals surface area contributed by atoms with Crippen molar-refractivity contribution >= 4 is 0 Å². The van der Waals surface area contributed by atoms with E-state index < -0.39 is 0 Å². The Morgan fingerprint density at radius 1 is 1.33 bits per heavy atom. The smallest absolute Gasteiger partial charge is 0.146 e. The molecule has 0 saturated heterocycles. The molecule has 1 heterocycles. The van der Waals surface area contributed by atoms with Crippen LogP contribution in [0.4, 0.5) is 0 Å². The van der Waals surface area contributed by atoms with Gasteiger partial charge in [-0.2, -0.15) is 0 Å². The molecule has 1 aromatic carbocycles. The van der Waals surface area contributed by atoms with Crippen molar-refractivity contribution < 1.29 is 4.74 Å². The Labute approximate surface area is 107 Å². The van der Waals surface area contributed by atoms with Crippen LogP contribution in [0.3, 0.4) is 0 Å². The molecule has 0 amide bonds. The third-order valence-corrected chi connectivity index (χ3v) is 2.81. The van der Waals surface area contributed by atoms with Gasteiger partial charge in [0, 0.05) is 18.4 Å². The highest BCUT2D eigenvalue weighted by atomic mass is 16.5. The average Bonchev–Trinajstić information content (AvgIpc) is 2.84. The first-order valence-electron chi connectivity index (χ1n) is 6.15. The molecule has 1 aromatic heterocycles. The minimum Gasteiger partial charge on any atom is -0.485 e. The fourth-order valence-corrected chi connectivity index (χ4v) is 1.82. The van der Waals surface area contributed by atoms with Crippen LogP contribution in [0.5, 0.6) is 5.75 Å². The SMILES string of the molecule is CC(C)c1ccccc1OCc1ncc(CN)[nH]1. The number of para-hydroxylation sites is 1. The predicted molar refractivity (Wildman–Crippen MR) is 71.3 cm³/mol. The van der Waals surface area contributed by atoms with Crippen LogP contribution in [-0.2, 0) is 13.2 Å². The summed E-state index contributed by atoms with van der Waals surface area (Å²) in [5.74, 6) is 2.16. The molecule has 0 fully saturated rings. The summed E-state index contributed by atoms with van der Waals surface area (Å²) in [5, 5.41) is 0. The monoisotopic (exact) mass is 245 g/mol. The molecule has 0 spiro atoms. The molecule has 0 bridgehead atoms. The van der Waals surface area contributed by atoms with Gasteiger partial charge in [-0.05, 0) is 17.5 Å². The standard InChI is InChI=1S/C14H19N3O/c1-10(2)12-5-3-4-6-13(12)18-9-14-16-8-11(7-15)17-14/h3-6,8,10H,7,9,15H2,1-2H3,(H,16,17). The van der Waals surface area contributed by atoms with Gasteiger partial charge in [-0.1, -0.05) is 32.0 Å². The summed E-state index contributed by atoms with van der Waals surface area (Å²) in [4.78, 5) is 7.34. The van der Waals surface area contributed by atoms with Gasteiger partial charge in [-0.15, -0.1) is 0 Å². The van der Waals surface area contributed by atoms with Crippen molar-refractivity contribution in [2.45, 2.75) is 32.9 Å². The van der Waals surface area contributed by atoms with Crippen LogP contribution in [0.25, 0.3) is 0 Å². The van der Waals surface area contributed by atoms with E-state index in [1.54, 1.807) is 6.20 Å². The molecule has 18 heavy (non-hydrogen) atoms. The van der Waals surface area contributed by atoms with E-state index in [0.717, 1.165) is 17.3 Å². The number of ether oxygens (including phenoxy) is 1. The molecule has 0 aliphatic rings. The van der Waals surface area contributed by atoms with Gasteiger partial charge in [0.2, 0.25) is 0 Å². The number of nitrogens with two attached hydrogens (primary N) is 1. The van der Waals surface area contributed by atoms with Crippen LogP contribution in [0.15, 0.2) is 30.5 Å². The van der Waals surface area contributed by atoms with Gasteiger partial charge < -0.3 is 15.5 Å². The zero-order valence-corrected chi connectivity index (χ0v) is 10.8. The molecule has 4 nitrogen and oxygen atoms in total. The second-order valence-corrected chi connectivity index (χ2v) is 4.54. The summed E-state index contributed by atoms with van der Waals surface area (Å²) < 4.78 is 5.81. The molecule has 0 unspecified atom stereocenters. The number of aromatic amines is 1. The van der Waals surface area contributed by atoms with Gasteiger partial charge >= 0.3 is 0 Å². The first-order chi connectivity index (χ1) is 8.70. The highest BCUT2D eigenvalue weighted by Gasteiger charge is 2.07. The minimum absolute atomic E-state index is 0.434. The molecular weight excluding hydrogens is 226 g/mol. The Hall–Kier alpha value is -1.81. The zero-order valence-electron chi connectivity index (χ0n) is 10.8. The quantitative estimate of drug-likeness (QED) is 0.851. The van der Waals surface area contributed by atoms with Crippen LogP contribution in [0.1, 0.15) is 36.8 Å². The molecule has 3 N–H and O–H groups in total. The average molecular weight is 245 g/mol. The summed E-state index contributed by atoms with van der Waals surface area (Å²) in [6.45, 7) is 5.21. The Morgan fingerprint density at radius 2 is 2.11 bits per heavy atom. The summed E-state index contributed by atoms with van der Waals surface area (Å²) in [5.41, 5.74) is 7.66. The lowest BCUT2D eigenvalue weighted by Gasteiger charge is -2.12. The minimum atomic E-state index is 0.434. The fraction of sp³-hybridized carbons (Fsp3) is 0.357. The van der Waals surface area contributed by atoms with Crippen molar-refractivity contribution in [1.82, 2.24) is 9.97 Å². The van der Waals surface area contributed by atoms with Crippen LogP contribution < -0.4 is 10.5 Å². The fourth-order valence-electron chi connectivity index (χ4n) is 1.82. The first kappa shape index (κ1) is 12.6. The van der Waals surface area contributed by atoms with E-state index in [2.05, 4.69) is 29.9 Å². The number of hydrogen-bond donors (Lipinski definition) is 2. The lowest BCUT2D eigenvalue weighted by Crippen LogP contribution is -2.02. The number of rotatable bonds is 5. The molecule has 96 valence electrons. The Kier molecular flexibility index (Phi) is 3.99. The normalized spacial score (nSPS) is 10.9. The van der Waals surface area contributed by atoms with Crippen molar-refractivity contribution in [2.24, 2.45) is 5.73 Å². The van der Waals surface area contributed by atoms with Crippen molar-refractivity contribution in [1.29, 1.82) is 0 Å². The topological polar surface area (TPSA) is 63.9 Å². The Morgan fingerprint density at radius 3 is 2.78 bits per heavy atom. The van der Waals surface area contributed by atoms with Crippen molar-refractivity contribution in [3.05, 3.63) is 47.5 Å². The van der Waals surface area contributed by atoms with Gasteiger partial charge in [0.1, 0.15) is 18.2 Å². The maximum absolute atomic E-state index is 5.81. The van der Waals surface area contributed by atoms with Crippen LogP contribution >= 0.6 is 0 Å². The van der Waals surface area contributed by atoms with Crippen molar-refractivity contribution in [2.75, 3.05) is 0 Å². The lowest BCUT2D eigenvalue weighted by atomic mass is 10.0. The van der Waals surface area contributed by atoms with Crippen LogP contribution in [0.2, 0.25) is 0 Å². The van der Waals surface area contributed by atoms with E-state index in [4.69, 9.17) is 10.5 Å². The number of H-pyrrole nitrogens is 1. The largest absolute Gasteiger partial charge is 0.485 e. The van der Waals surface area contributed by atoms with Gasteiger partial charge in [-0.25, -0.2) is 4.98 Å². The van der Waals surface area contributed by atoms with E-state index in [9.17, 15) is 0 Å². The lowest BCUT2D eigenvalue weighted by molar-refractivity contribution is 0.293. The maximum Gasteiger partial charge on any atom is 0.146 e. The highest BCUT2D eigenvalue weighted by molar-refractivity contribution is 5.35. The van der Waals surface area contributed by atoms with E-state index in [1.165, 1.54) is 5.56 Å². The summed E-state index contributed by atoms with van der Waals surface area (Å²) >= 11 is 0. The number of benzene rings is 1. The molecule has 4 heteroatoms. The second kappa shape index (κ2) is 5.69. The summed E-state index contributed by atoms with van der Waals surface area (Å²) in [6.07, 6.45) is 1.74. The number of nitrogens with one attached hydrogen (secondary N) is 1. The van der Waals surface area contributed by atoms with E-state index in [0.29, 0.717) is 19.1 Å². The predicted octanol–water partition coefficient (Wildman–Crippen LogP) is 2.57. The van der Waals surface area contributed by atoms with Crippen LogP contribution in [0, 0.1) is 0 Å². The molecular formula is C14H19N3O. The van der Waals surface area contributed by atoms with E-state index >= 15 is 0 Å². The third kappa shape index (κ3) is 2.90. The number of imidazole rings is 1. The van der Waals surface area contributed by atoms with Gasteiger partial charge in [0.15, 0.2) is 0 Å².